The fourth-order valence-electron chi connectivity index (χ4n) is 1.86. The summed E-state index contributed by atoms with van der Waals surface area (Å²) >= 11 is 0. The van der Waals surface area contributed by atoms with Crippen LogP contribution in [0.15, 0.2) is 42.5 Å². The second-order valence-corrected chi connectivity index (χ2v) is 4.13. The van der Waals surface area contributed by atoms with Crippen molar-refractivity contribution in [1.29, 1.82) is 0 Å². The van der Waals surface area contributed by atoms with Crippen LogP contribution >= 0.6 is 0 Å². The molecular formula is C16H11F3O2. The third kappa shape index (κ3) is 3.69. The normalized spacial score (nSPS) is 10.8. The van der Waals surface area contributed by atoms with Crippen molar-refractivity contribution >= 4 is 0 Å². The number of hydrogen-bond donors (Lipinski definition) is 0. The van der Waals surface area contributed by atoms with Crippen molar-refractivity contribution in [3.63, 3.8) is 0 Å². The molecule has 108 valence electrons. The fourth-order valence-corrected chi connectivity index (χ4v) is 1.86. The Bertz CT molecular complexity index is 667. The summed E-state index contributed by atoms with van der Waals surface area (Å²) in [5.41, 5.74) is 2.03. The molecule has 0 aromatic heterocycles. The molecule has 2 rings (SSSR count). The maximum atomic E-state index is 12.1. The van der Waals surface area contributed by atoms with E-state index in [2.05, 4.69) is 10.7 Å². The third-order valence-corrected chi connectivity index (χ3v) is 2.77. The molecule has 0 amide bonds. The van der Waals surface area contributed by atoms with Crippen molar-refractivity contribution in [2.75, 3.05) is 7.11 Å². The van der Waals surface area contributed by atoms with Gasteiger partial charge in [0.05, 0.1) is 7.11 Å². The second-order valence-electron chi connectivity index (χ2n) is 4.13. The van der Waals surface area contributed by atoms with Crippen molar-refractivity contribution in [2.45, 2.75) is 6.36 Å². The SMILES string of the molecule is C#Cc1ccc(OC)c(-c2ccc(OC(F)(F)F)cc2)c1. The van der Waals surface area contributed by atoms with Gasteiger partial charge in [0, 0.05) is 11.1 Å². The zero-order chi connectivity index (χ0) is 15.5. The Balaban J connectivity index is 2.37. The molecule has 0 spiro atoms. The van der Waals surface area contributed by atoms with Gasteiger partial charge in [-0.2, -0.15) is 0 Å². The van der Waals surface area contributed by atoms with Gasteiger partial charge in [0.1, 0.15) is 11.5 Å². The molecule has 2 nitrogen and oxygen atoms in total. The number of hydrogen-bond acceptors (Lipinski definition) is 2. The summed E-state index contributed by atoms with van der Waals surface area (Å²) in [6, 6.07) is 10.7. The maximum absolute atomic E-state index is 12.1. The lowest BCUT2D eigenvalue weighted by Gasteiger charge is -2.11. The first-order valence-corrected chi connectivity index (χ1v) is 5.94. The first-order valence-electron chi connectivity index (χ1n) is 5.94. The van der Waals surface area contributed by atoms with Gasteiger partial charge in [-0.3, -0.25) is 0 Å². The van der Waals surface area contributed by atoms with E-state index in [1.54, 1.807) is 18.2 Å². The molecule has 2 aromatic rings. The van der Waals surface area contributed by atoms with Gasteiger partial charge >= 0.3 is 6.36 Å². The minimum Gasteiger partial charge on any atom is -0.496 e. The molecule has 0 N–H and O–H groups in total. The molecule has 2 aromatic carbocycles. The van der Waals surface area contributed by atoms with E-state index in [4.69, 9.17) is 11.2 Å². The molecule has 5 heteroatoms. The Kier molecular flexibility index (Phi) is 4.08. The minimum absolute atomic E-state index is 0.279. The Morgan fingerprint density at radius 2 is 1.71 bits per heavy atom. The lowest BCUT2D eigenvalue weighted by molar-refractivity contribution is -0.274. The molecule has 0 saturated heterocycles. The van der Waals surface area contributed by atoms with E-state index in [9.17, 15) is 13.2 Å². The van der Waals surface area contributed by atoms with Gasteiger partial charge in [-0.15, -0.1) is 19.6 Å². The van der Waals surface area contributed by atoms with Gasteiger partial charge < -0.3 is 9.47 Å². The highest BCUT2D eigenvalue weighted by molar-refractivity contribution is 5.72. The van der Waals surface area contributed by atoms with Crippen LogP contribution in [0.1, 0.15) is 5.56 Å². The predicted molar refractivity (Wildman–Crippen MR) is 73.0 cm³/mol. The Labute approximate surface area is 120 Å². The average Bonchev–Trinajstić information content (AvgIpc) is 2.45. The van der Waals surface area contributed by atoms with E-state index in [1.165, 1.54) is 31.4 Å². The third-order valence-electron chi connectivity index (χ3n) is 2.77. The standard InChI is InChI=1S/C16H11F3O2/c1-3-11-4-9-15(20-2)14(10-11)12-5-7-13(8-6-12)21-16(17,18)19/h1,4-10H,2H3. The fraction of sp³-hybridized carbons (Fsp3) is 0.125. The molecule has 0 bridgehead atoms. The van der Waals surface area contributed by atoms with Crippen molar-refractivity contribution < 1.29 is 22.6 Å². The molecule has 0 aliphatic carbocycles. The molecule has 0 radical (unpaired) electrons. The van der Waals surface area contributed by atoms with E-state index in [1.807, 2.05) is 0 Å². The summed E-state index contributed by atoms with van der Waals surface area (Å²) < 4.78 is 45.4. The first kappa shape index (κ1) is 14.8. The van der Waals surface area contributed by atoms with Crippen molar-refractivity contribution in [2.24, 2.45) is 0 Å². The molecule has 0 aliphatic heterocycles. The summed E-state index contributed by atoms with van der Waals surface area (Å²) in [6.07, 6.45) is 0.640. The van der Waals surface area contributed by atoms with Gasteiger partial charge in [-0.05, 0) is 35.9 Å². The number of alkyl halides is 3. The van der Waals surface area contributed by atoms with Crippen LogP contribution in [0.5, 0.6) is 11.5 Å². The number of halogens is 3. The van der Waals surface area contributed by atoms with Crippen LogP contribution in [0.3, 0.4) is 0 Å². The van der Waals surface area contributed by atoms with E-state index in [0.29, 0.717) is 22.4 Å². The van der Waals surface area contributed by atoms with Gasteiger partial charge in [0.2, 0.25) is 0 Å². The van der Waals surface area contributed by atoms with Crippen LogP contribution in [-0.4, -0.2) is 13.5 Å². The van der Waals surface area contributed by atoms with Crippen LogP contribution in [0.4, 0.5) is 13.2 Å². The first-order chi connectivity index (χ1) is 9.93. The Morgan fingerprint density at radius 1 is 1.05 bits per heavy atom. The summed E-state index contributed by atoms with van der Waals surface area (Å²) in [5.74, 6) is 2.80. The van der Waals surface area contributed by atoms with Gasteiger partial charge in [0.25, 0.3) is 0 Å². The van der Waals surface area contributed by atoms with Crippen LogP contribution in [0, 0.1) is 12.3 Å². The van der Waals surface area contributed by atoms with E-state index in [0.717, 1.165) is 0 Å². The summed E-state index contributed by atoms with van der Waals surface area (Å²) in [5, 5.41) is 0. The Hall–Kier alpha value is -2.61. The smallest absolute Gasteiger partial charge is 0.496 e. The summed E-state index contributed by atoms with van der Waals surface area (Å²) in [4.78, 5) is 0. The topological polar surface area (TPSA) is 18.5 Å². The molecule has 0 atom stereocenters. The second kappa shape index (κ2) is 5.80. The maximum Gasteiger partial charge on any atom is 0.573 e. The van der Waals surface area contributed by atoms with Crippen LogP contribution < -0.4 is 9.47 Å². The average molecular weight is 292 g/mol. The molecular weight excluding hydrogens is 281 g/mol. The molecule has 0 saturated carbocycles. The molecule has 0 unspecified atom stereocenters. The monoisotopic (exact) mass is 292 g/mol. The van der Waals surface area contributed by atoms with E-state index in [-0.39, 0.29) is 5.75 Å². The van der Waals surface area contributed by atoms with Gasteiger partial charge in [-0.25, -0.2) is 0 Å². The van der Waals surface area contributed by atoms with Crippen molar-refractivity contribution in [1.82, 2.24) is 0 Å². The molecule has 0 aliphatic rings. The summed E-state index contributed by atoms with van der Waals surface area (Å²) in [6.45, 7) is 0. The van der Waals surface area contributed by atoms with E-state index >= 15 is 0 Å². The van der Waals surface area contributed by atoms with Crippen molar-refractivity contribution in [3.8, 4) is 35.0 Å². The number of terminal acetylenes is 1. The largest absolute Gasteiger partial charge is 0.573 e. The predicted octanol–water partition coefficient (Wildman–Crippen LogP) is 4.24. The van der Waals surface area contributed by atoms with Crippen LogP contribution in [-0.2, 0) is 0 Å². The zero-order valence-corrected chi connectivity index (χ0v) is 11.1. The lowest BCUT2D eigenvalue weighted by atomic mass is 10.0. The van der Waals surface area contributed by atoms with Gasteiger partial charge in [-0.1, -0.05) is 18.1 Å². The number of methoxy groups -OCH3 is 1. The van der Waals surface area contributed by atoms with Crippen LogP contribution in [0.25, 0.3) is 11.1 Å². The highest BCUT2D eigenvalue weighted by Gasteiger charge is 2.30. The summed E-state index contributed by atoms with van der Waals surface area (Å²) in [7, 11) is 1.51. The molecule has 0 fully saturated rings. The van der Waals surface area contributed by atoms with Gasteiger partial charge in [0.15, 0.2) is 0 Å². The quantitative estimate of drug-likeness (QED) is 0.788. The number of benzene rings is 2. The minimum atomic E-state index is -4.71. The van der Waals surface area contributed by atoms with Crippen molar-refractivity contribution in [3.05, 3.63) is 48.0 Å². The van der Waals surface area contributed by atoms with E-state index < -0.39 is 6.36 Å². The number of rotatable bonds is 3. The molecule has 0 heterocycles. The lowest BCUT2D eigenvalue weighted by Crippen LogP contribution is -2.16. The zero-order valence-electron chi connectivity index (χ0n) is 11.1. The highest BCUT2D eigenvalue weighted by atomic mass is 19.4. The Morgan fingerprint density at radius 3 is 2.24 bits per heavy atom. The number of ether oxygens (including phenoxy) is 2. The van der Waals surface area contributed by atoms with Crippen LogP contribution in [0.2, 0.25) is 0 Å². The molecule has 21 heavy (non-hydrogen) atoms. The highest BCUT2D eigenvalue weighted by Crippen LogP contribution is 2.32.